The van der Waals surface area contributed by atoms with Crippen molar-refractivity contribution in [1.82, 2.24) is 0 Å². The molecule has 0 radical (unpaired) electrons. The first-order valence-electron chi connectivity index (χ1n) is 6.86. The van der Waals surface area contributed by atoms with Crippen molar-refractivity contribution in [3.63, 3.8) is 0 Å². The summed E-state index contributed by atoms with van der Waals surface area (Å²) in [7, 11) is 0. The van der Waals surface area contributed by atoms with E-state index >= 15 is 0 Å². The zero-order valence-electron chi connectivity index (χ0n) is 10.7. The first-order valence-corrected chi connectivity index (χ1v) is 7.84. The molecule has 2 aliphatic rings. The van der Waals surface area contributed by atoms with Gasteiger partial charge in [0.2, 0.25) is 0 Å². The molecular formula is C15H20N2S. The van der Waals surface area contributed by atoms with Crippen LogP contribution in [0.25, 0.3) is 0 Å². The van der Waals surface area contributed by atoms with Gasteiger partial charge in [0.15, 0.2) is 5.17 Å². The summed E-state index contributed by atoms with van der Waals surface area (Å²) < 4.78 is 0. The molecular weight excluding hydrogens is 240 g/mol. The number of aliphatic imine (C=N–C) groups is 1. The van der Waals surface area contributed by atoms with Crippen LogP contribution in [0.3, 0.4) is 0 Å². The molecule has 3 heteroatoms. The lowest BCUT2D eigenvalue weighted by Crippen LogP contribution is -2.35. The Hall–Kier alpha value is -0.960. The lowest BCUT2D eigenvalue weighted by Gasteiger charge is -2.38. The molecule has 0 atom stereocenters. The lowest BCUT2D eigenvalue weighted by atomic mass is 9.75. The summed E-state index contributed by atoms with van der Waals surface area (Å²) in [4.78, 5) is 4.77. The first kappa shape index (κ1) is 12.1. The molecule has 0 saturated heterocycles. The maximum Gasteiger partial charge on any atom is 0.161 e. The molecule has 1 aliphatic carbocycles. The van der Waals surface area contributed by atoms with Gasteiger partial charge in [0.25, 0.3) is 0 Å². The highest BCUT2D eigenvalue weighted by Gasteiger charge is 2.34. The molecule has 1 aromatic carbocycles. The number of amidine groups is 1. The highest BCUT2D eigenvalue weighted by atomic mass is 32.2. The van der Waals surface area contributed by atoms with E-state index in [-0.39, 0.29) is 0 Å². The summed E-state index contributed by atoms with van der Waals surface area (Å²) in [5.41, 5.74) is 1.66. The number of thioether (sulfide) groups is 1. The third-order valence-electron chi connectivity index (χ3n) is 4.01. The van der Waals surface area contributed by atoms with Crippen molar-refractivity contribution in [2.24, 2.45) is 10.4 Å². The monoisotopic (exact) mass is 260 g/mol. The summed E-state index contributed by atoms with van der Waals surface area (Å²) in [6.45, 7) is 1.02. The molecule has 1 aliphatic heterocycles. The van der Waals surface area contributed by atoms with Crippen LogP contribution in [0.5, 0.6) is 0 Å². The van der Waals surface area contributed by atoms with Crippen LogP contribution in [0, 0.1) is 5.41 Å². The van der Waals surface area contributed by atoms with Crippen molar-refractivity contribution < 1.29 is 0 Å². The highest BCUT2D eigenvalue weighted by molar-refractivity contribution is 8.14. The van der Waals surface area contributed by atoms with E-state index in [9.17, 15) is 0 Å². The van der Waals surface area contributed by atoms with E-state index in [0.717, 1.165) is 17.4 Å². The van der Waals surface area contributed by atoms with Crippen LogP contribution in [-0.4, -0.2) is 17.5 Å². The van der Waals surface area contributed by atoms with E-state index in [2.05, 4.69) is 29.6 Å². The van der Waals surface area contributed by atoms with Crippen LogP contribution >= 0.6 is 11.8 Å². The molecule has 0 bridgehead atoms. The fourth-order valence-corrected chi connectivity index (χ4v) is 4.05. The minimum Gasteiger partial charge on any atom is -0.335 e. The van der Waals surface area contributed by atoms with E-state index in [1.54, 1.807) is 0 Å². The van der Waals surface area contributed by atoms with Gasteiger partial charge in [0, 0.05) is 18.0 Å². The third-order valence-corrected chi connectivity index (χ3v) is 5.27. The number of anilines is 1. The highest BCUT2D eigenvalue weighted by Crippen LogP contribution is 2.41. The van der Waals surface area contributed by atoms with Gasteiger partial charge in [-0.05, 0) is 30.4 Å². The molecule has 1 fully saturated rings. The van der Waals surface area contributed by atoms with Gasteiger partial charge in [-0.15, -0.1) is 0 Å². The van der Waals surface area contributed by atoms with Gasteiger partial charge < -0.3 is 5.32 Å². The minimum atomic E-state index is 0.519. The normalized spacial score (nSPS) is 22.6. The molecule has 0 amide bonds. The topological polar surface area (TPSA) is 24.4 Å². The second-order valence-corrected chi connectivity index (χ2v) is 6.43. The van der Waals surface area contributed by atoms with Gasteiger partial charge in [0.05, 0.1) is 0 Å². The Morgan fingerprint density at radius 2 is 1.83 bits per heavy atom. The Bertz CT molecular complexity index is 421. The molecule has 0 aromatic heterocycles. The quantitative estimate of drug-likeness (QED) is 0.820. The molecule has 18 heavy (non-hydrogen) atoms. The van der Waals surface area contributed by atoms with Crippen molar-refractivity contribution in [3.8, 4) is 0 Å². The SMILES string of the molecule is c1ccc(NC2=NCC3(CCCCC3)CS2)cc1. The van der Waals surface area contributed by atoms with E-state index in [1.807, 2.05) is 17.8 Å². The number of para-hydroxylation sites is 1. The van der Waals surface area contributed by atoms with E-state index in [4.69, 9.17) is 4.99 Å². The van der Waals surface area contributed by atoms with Crippen LogP contribution in [0.1, 0.15) is 32.1 Å². The standard InChI is InChI=1S/C15H20N2S/c1-3-7-13(8-4-1)17-14-16-11-15(12-18-14)9-5-2-6-10-15/h1,3-4,7-8H,2,5-6,9-12H2,(H,16,17). The van der Waals surface area contributed by atoms with Crippen LogP contribution in [-0.2, 0) is 0 Å². The fourth-order valence-electron chi connectivity index (χ4n) is 2.88. The van der Waals surface area contributed by atoms with Gasteiger partial charge in [-0.25, -0.2) is 0 Å². The van der Waals surface area contributed by atoms with E-state index in [1.165, 1.54) is 37.9 Å². The molecule has 1 saturated carbocycles. The predicted molar refractivity (Wildman–Crippen MR) is 80.3 cm³/mol. The minimum absolute atomic E-state index is 0.519. The van der Waals surface area contributed by atoms with Crippen LogP contribution in [0.2, 0.25) is 0 Å². The van der Waals surface area contributed by atoms with Crippen molar-refractivity contribution in [1.29, 1.82) is 0 Å². The van der Waals surface area contributed by atoms with Crippen LogP contribution < -0.4 is 5.32 Å². The molecule has 0 unspecified atom stereocenters. The van der Waals surface area contributed by atoms with Crippen molar-refractivity contribution in [2.45, 2.75) is 32.1 Å². The van der Waals surface area contributed by atoms with Gasteiger partial charge in [-0.1, -0.05) is 49.2 Å². The van der Waals surface area contributed by atoms with E-state index in [0.29, 0.717) is 5.41 Å². The molecule has 1 heterocycles. The zero-order chi connectivity index (χ0) is 12.3. The van der Waals surface area contributed by atoms with Crippen molar-refractivity contribution in [2.75, 3.05) is 17.6 Å². The number of benzene rings is 1. The second-order valence-electron chi connectivity index (χ2n) is 5.46. The zero-order valence-corrected chi connectivity index (χ0v) is 11.5. The summed E-state index contributed by atoms with van der Waals surface area (Å²) in [6, 6.07) is 10.3. The number of hydrogen-bond donors (Lipinski definition) is 1. The number of nitrogens with zero attached hydrogens (tertiary/aromatic N) is 1. The van der Waals surface area contributed by atoms with Crippen molar-refractivity contribution in [3.05, 3.63) is 30.3 Å². The third kappa shape index (κ3) is 2.72. The summed E-state index contributed by atoms with van der Waals surface area (Å²) in [6.07, 6.45) is 6.98. The second kappa shape index (κ2) is 5.35. The average Bonchev–Trinajstić information content (AvgIpc) is 2.44. The van der Waals surface area contributed by atoms with Gasteiger partial charge in [0.1, 0.15) is 0 Å². The van der Waals surface area contributed by atoms with Crippen molar-refractivity contribution >= 4 is 22.6 Å². The largest absolute Gasteiger partial charge is 0.335 e. The predicted octanol–water partition coefficient (Wildman–Crippen LogP) is 4.15. The summed E-state index contributed by atoms with van der Waals surface area (Å²) >= 11 is 1.90. The number of hydrogen-bond acceptors (Lipinski definition) is 3. The average molecular weight is 260 g/mol. The summed E-state index contributed by atoms with van der Waals surface area (Å²) in [5.74, 6) is 1.24. The molecule has 1 aromatic rings. The molecule has 2 nitrogen and oxygen atoms in total. The Kier molecular flexibility index (Phi) is 3.59. The number of rotatable bonds is 1. The van der Waals surface area contributed by atoms with Gasteiger partial charge in [-0.3, -0.25) is 4.99 Å². The Labute approximate surface area is 113 Å². The molecule has 3 rings (SSSR count). The first-order chi connectivity index (χ1) is 8.86. The Morgan fingerprint density at radius 3 is 2.50 bits per heavy atom. The molecule has 96 valence electrons. The molecule has 1 spiro atoms. The van der Waals surface area contributed by atoms with E-state index < -0.39 is 0 Å². The number of nitrogens with one attached hydrogen (secondary N) is 1. The summed E-state index contributed by atoms with van der Waals surface area (Å²) in [5, 5.41) is 4.51. The smallest absolute Gasteiger partial charge is 0.161 e. The Balaban J connectivity index is 1.63. The molecule has 1 N–H and O–H groups in total. The van der Waals surface area contributed by atoms with Gasteiger partial charge in [-0.2, -0.15) is 0 Å². The van der Waals surface area contributed by atoms with Gasteiger partial charge >= 0.3 is 0 Å². The maximum absolute atomic E-state index is 4.77. The lowest BCUT2D eigenvalue weighted by molar-refractivity contribution is 0.232. The maximum atomic E-state index is 4.77. The fraction of sp³-hybridized carbons (Fsp3) is 0.533. The Morgan fingerprint density at radius 1 is 1.06 bits per heavy atom. The van der Waals surface area contributed by atoms with Crippen LogP contribution in [0.15, 0.2) is 35.3 Å². The van der Waals surface area contributed by atoms with Crippen LogP contribution in [0.4, 0.5) is 5.69 Å².